The number of ether oxygens (including phenoxy) is 1. The summed E-state index contributed by atoms with van der Waals surface area (Å²) in [6.45, 7) is 5.15. The van der Waals surface area contributed by atoms with Gasteiger partial charge in [0.1, 0.15) is 5.82 Å². The third-order valence-electron chi connectivity index (χ3n) is 2.06. The predicted octanol–water partition coefficient (Wildman–Crippen LogP) is 2.34. The van der Waals surface area contributed by atoms with Crippen LogP contribution in [0.2, 0.25) is 0 Å². The van der Waals surface area contributed by atoms with E-state index in [9.17, 15) is 4.39 Å². The Bertz CT molecular complexity index is 278. The molecule has 0 spiro atoms. The fourth-order valence-corrected chi connectivity index (χ4v) is 1.32. The van der Waals surface area contributed by atoms with Gasteiger partial charge in [0.2, 0.25) is 0 Å². The minimum atomic E-state index is -0.177. The first kappa shape index (κ1) is 12.1. The molecule has 0 aromatic heterocycles. The maximum Gasteiger partial charge on any atom is 0.123 e. The summed E-state index contributed by atoms with van der Waals surface area (Å²) in [4.78, 5) is 0. The molecule has 0 atom stereocenters. The molecule has 15 heavy (non-hydrogen) atoms. The van der Waals surface area contributed by atoms with Crippen molar-refractivity contribution < 1.29 is 9.13 Å². The fourth-order valence-electron chi connectivity index (χ4n) is 1.32. The molecule has 1 aromatic carbocycles. The van der Waals surface area contributed by atoms with E-state index in [1.54, 1.807) is 12.1 Å². The van der Waals surface area contributed by atoms with Crippen molar-refractivity contribution in [2.45, 2.75) is 19.9 Å². The second-order valence-corrected chi connectivity index (χ2v) is 3.36. The summed E-state index contributed by atoms with van der Waals surface area (Å²) >= 11 is 0. The van der Waals surface area contributed by atoms with Gasteiger partial charge in [-0.25, -0.2) is 4.39 Å². The third-order valence-corrected chi connectivity index (χ3v) is 2.06. The molecule has 84 valence electrons. The molecule has 0 saturated carbocycles. The summed E-state index contributed by atoms with van der Waals surface area (Å²) in [6.07, 6.45) is 0.989. The van der Waals surface area contributed by atoms with Crippen molar-refractivity contribution in [2.75, 3.05) is 19.8 Å². The molecule has 2 nitrogen and oxygen atoms in total. The summed E-state index contributed by atoms with van der Waals surface area (Å²) < 4.78 is 18.0. The van der Waals surface area contributed by atoms with Crippen molar-refractivity contribution in [3.63, 3.8) is 0 Å². The maximum atomic E-state index is 12.8. The van der Waals surface area contributed by atoms with Gasteiger partial charge in [-0.3, -0.25) is 0 Å². The van der Waals surface area contributed by atoms with Gasteiger partial charge in [0.15, 0.2) is 0 Å². The predicted molar refractivity (Wildman–Crippen MR) is 59.2 cm³/mol. The minimum absolute atomic E-state index is 0.177. The maximum absolute atomic E-state index is 12.8. The Kier molecular flexibility index (Phi) is 5.97. The first-order chi connectivity index (χ1) is 7.33. The highest BCUT2D eigenvalue weighted by molar-refractivity contribution is 5.15. The summed E-state index contributed by atoms with van der Waals surface area (Å²) in [6, 6.07) is 6.65. The van der Waals surface area contributed by atoms with Gasteiger partial charge >= 0.3 is 0 Å². The van der Waals surface area contributed by atoms with Gasteiger partial charge in [0, 0.05) is 19.8 Å². The normalized spacial score (nSPS) is 10.5. The second-order valence-electron chi connectivity index (χ2n) is 3.36. The van der Waals surface area contributed by atoms with Crippen LogP contribution in [0.1, 0.15) is 18.9 Å². The lowest BCUT2D eigenvalue weighted by molar-refractivity contribution is 0.144. The Balaban J connectivity index is 2.10. The second kappa shape index (κ2) is 7.37. The van der Waals surface area contributed by atoms with Crippen LogP contribution in [-0.2, 0) is 11.3 Å². The zero-order chi connectivity index (χ0) is 10.9. The molecule has 0 radical (unpaired) electrons. The van der Waals surface area contributed by atoms with Crippen LogP contribution in [0, 0.1) is 5.82 Å². The van der Waals surface area contributed by atoms with Crippen LogP contribution in [0.5, 0.6) is 0 Å². The van der Waals surface area contributed by atoms with E-state index in [2.05, 4.69) is 5.32 Å². The van der Waals surface area contributed by atoms with Crippen molar-refractivity contribution in [1.29, 1.82) is 0 Å². The SMILES string of the molecule is CCOCCCNCc1cccc(F)c1. The van der Waals surface area contributed by atoms with Crippen LogP contribution in [0.3, 0.4) is 0 Å². The number of rotatable bonds is 7. The molecular formula is C12H18FNO. The topological polar surface area (TPSA) is 21.3 Å². The molecule has 0 aliphatic carbocycles. The number of hydrogen-bond donors (Lipinski definition) is 1. The van der Waals surface area contributed by atoms with Crippen LogP contribution in [0.4, 0.5) is 4.39 Å². The monoisotopic (exact) mass is 211 g/mol. The Labute approximate surface area is 90.4 Å². The lowest BCUT2D eigenvalue weighted by atomic mass is 10.2. The first-order valence-corrected chi connectivity index (χ1v) is 5.36. The van der Waals surface area contributed by atoms with Crippen LogP contribution < -0.4 is 5.32 Å². The van der Waals surface area contributed by atoms with Gasteiger partial charge in [-0.1, -0.05) is 12.1 Å². The van der Waals surface area contributed by atoms with Gasteiger partial charge in [-0.2, -0.15) is 0 Å². The van der Waals surface area contributed by atoms with Gasteiger partial charge in [0.25, 0.3) is 0 Å². The molecule has 0 saturated heterocycles. The summed E-state index contributed by atoms with van der Waals surface area (Å²) in [5, 5.41) is 3.24. The fraction of sp³-hybridized carbons (Fsp3) is 0.500. The number of hydrogen-bond acceptors (Lipinski definition) is 2. The Hall–Kier alpha value is -0.930. The van der Waals surface area contributed by atoms with E-state index in [4.69, 9.17) is 4.74 Å². The highest BCUT2D eigenvalue weighted by Gasteiger charge is 1.94. The van der Waals surface area contributed by atoms with E-state index < -0.39 is 0 Å². The third kappa shape index (κ3) is 5.50. The number of nitrogens with one attached hydrogen (secondary N) is 1. The standard InChI is InChI=1S/C12H18FNO/c1-2-15-8-4-7-14-10-11-5-3-6-12(13)9-11/h3,5-6,9,14H,2,4,7-8,10H2,1H3. The molecular weight excluding hydrogens is 193 g/mol. The van der Waals surface area contributed by atoms with Crippen LogP contribution in [-0.4, -0.2) is 19.8 Å². The highest BCUT2D eigenvalue weighted by atomic mass is 19.1. The average molecular weight is 211 g/mol. The molecule has 3 heteroatoms. The minimum Gasteiger partial charge on any atom is -0.382 e. The summed E-state index contributed by atoms with van der Waals surface area (Å²) in [5.41, 5.74) is 0.978. The van der Waals surface area contributed by atoms with Crippen molar-refractivity contribution in [2.24, 2.45) is 0 Å². The molecule has 0 unspecified atom stereocenters. The van der Waals surface area contributed by atoms with Gasteiger partial charge < -0.3 is 10.1 Å². The van der Waals surface area contributed by atoms with Crippen molar-refractivity contribution in [1.82, 2.24) is 5.32 Å². The van der Waals surface area contributed by atoms with E-state index in [1.165, 1.54) is 6.07 Å². The molecule has 0 aliphatic heterocycles. The number of halogens is 1. The zero-order valence-electron chi connectivity index (χ0n) is 9.13. The van der Waals surface area contributed by atoms with Crippen molar-refractivity contribution in [3.05, 3.63) is 35.6 Å². The van der Waals surface area contributed by atoms with E-state index in [0.717, 1.165) is 31.7 Å². The largest absolute Gasteiger partial charge is 0.382 e. The first-order valence-electron chi connectivity index (χ1n) is 5.36. The molecule has 0 amide bonds. The Morgan fingerprint density at radius 3 is 3.00 bits per heavy atom. The van der Waals surface area contributed by atoms with Crippen LogP contribution >= 0.6 is 0 Å². The van der Waals surface area contributed by atoms with Crippen molar-refractivity contribution in [3.8, 4) is 0 Å². The van der Waals surface area contributed by atoms with Gasteiger partial charge in [-0.05, 0) is 37.6 Å². The van der Waals surface area contributed by atoms with E-state index in [1.807, 2.05) is 13.0 Å². The van der Waals surface area contributed by atoms with E-state index in [0.29, 0.717) is 6.54 Å². The number of benzene rings is 1. The molecule has 0 fully saturated rings. The Morgan fingerprint density at radius 2 is 2.27 bits per heavy atom. The van der Waals surface area contributed by atoms with Gasteiger partial charge in [0.05, 0.1) is 0 Å². The summed E-state index contributed by atoms with van der Waals surface area (Å²) in [5.74, 6) is -0.177. The lowest BCUT2D eigenvalue weighted by Crippen LogP contribution is -2.16. The smallest absolute Gasteiger partial charge is 0.123 e. The molecule has 0 heterocycles. The highest BCUT2D eigenvalue weighted by Crippen LogP contribution is 2.02. The van der Waals surface area contributed by atoms with Crippen molar-refractivity contribution >= 4 is 0 Å². The quantitative estimate of drug-likeness (QED) is 0.699. The zero-order valence-corrected chi connectivity index (χ0v) is 9.13. The molecule has 0 aliphatic rings. The van der Waals surface area contributed by atoms with Crippen LogP contribution in [0.15, 0.2) is 24.3 Å². The molecule has 1 N–H and O–H groups in total. The molecule has 1 aromatic rings. The summed E-state index contributed by atoms with van der Waals surface area (Å²) in [7, 11) is 0. The van der Waals surface area contributed by atoms with E-state index >= 15 is 0 Å². The molecule has 0 bridgehead atoms. The van der Waals surface area contributed by atoms with E-state index in [-0.39, 0.29) is 5.82 Å². The van der Waals surface area contributed by atoms with Gasteiger partial charge in [-0.15, -0.1) is 0 Å². The molecule has 1 rings (SSSR count). The Morgan fingerprint density at radius 1 is 1.40 bits per heavy atom. The van der Waals surface area contributed by atoms with Crippen LogP contribution in [0.25, 0.3) is 0 Å². The lowest BCUT2D eigenvalue weighted by Gasteiger charge is -2.05. The average Bonchev–Trinajstić information content (AvgIpc) is 2.23.